The van der Waals surface area contributed by atoms with Gasteiger partial charge in [-0.05, 0) is 17.7 Å². The number of anilines is 1. The molecule has 1 aromatic carbocycles. The molecule has 0 aromatic heterocycles. The maximum atomic E-state index is 8.85. The second-order valence-electron chi connectivity index (χ2n) is 3.12. The molecule has 0 saturated carbocycles. The summed E-state index contributed by atoms with van der Waals surface area (Å²) in [6, 6.07) is 5.98. The SMILES string of the molecule is CN(CCO)c1cc(Br)ccc1CN. The number of likely N-dealkylation sites (N-methyl/N-ethyl adjacent to an activating group) is 1. The summed E-state index contributed by atoms with van der Waals surface area (Å²) in [5, 5.41) is 8.85. The van der Waals surface area contributed by atoms with Crippen molar-refractivity contribution < 1.29 is 5.11 Å². The summed E-state index contributed by atoms with van der Waals surface area (Å²) < 4.78 is 1.02. The molecule has 0 radical (unpaired) electrons. The second kappa shape index (κ2) is 5.34. The topological polar surface area (TPSA) is 49.5 Å². The first-order valence-electron chi connectivity index (χ1n) is 4.49. The van der Waals surface area contributed by atoms with Gasteiger partial charge in [-0.15, -0.1) is 0 Å². The minimum absolute atomic E-state index is 0.146. The summed E-state index contributed by atoms with van der Waals surface area (Å²) in [6.45, 7) is 1.27. The Bertz CT molecular complexity index is 304. The summed E-state index contributed by atoms with van der Waals surface area (Å²) in [7, 11) is 1.94. The highest BCUT2D eigenvalue weighted by Crippen LogP contribution is 2.23. The largest absolute Gasteiger partial charge is 0.395 e. The van der Waals surface area contributed by atoms with Crippen LogP contribution in [0.1, 0.15) is 5.56 Å². The van der Waals surface area contributed by atoms with Gasteiger partial charge >= 0.3 is 0 Å². The van der Waals surface area contributed by atoms with Crippen LogP contribution in [-0.4, -0.2) is 25.3 Å². The number of nitrogens with two attached hydrogens (primary N) is 1. The Morgan fingerprint density at radius 1 is 1.50 bits per heavy atom. The van der Waals surface area contributed by atoms with Crippen LogP contribution in [0.3, 0.4) is 0 Å². The first-order chi connectivity index (χ1) is 6.69. The normalized spacial score (nSPS) is 10.3. The zero-order valence-corrected chi connectivity index (χ0v) is 9.79. The fourth-order valence-corrected chi connectivity index (χ4v) is 1.68. The van der Waals surface area contributed by atoms with Crippen molar-refractivity contribution >= 4 is 21.6 Å². The Hall–Kier alpha value is -0.580. The lowest BCUT2D eigenvalue weighted by Crippen LogP contribution is -2.23. The van der Waals surface area contributed by atoms with E-state index in [0.717, 1.165) is 15.7 Å². The van der Waals surface area contributed by atoms with Crippen molar-refractivity contribution in [3.63, 3.8) is 0 Å². The third kappa shape index (κ3) is 2.70. The first-order valence-corrected chi connectivity index (χ1v) is 5.29. The molecule has 0 aliphatic heterocycles. The van der Waals surface area contributed by atoms with Crippen LogP contribution >= 0.6 is 15.9 Å². The van der Waals surface area contributed by atoms with Crippen molar-refractivity contribution in [2.75, 3.05) is 25.1 Å². The lowest BCUT2D eigenvalue weighted by Gasteiger charge is -2.21. The van der Waals surface area contributed by atoms with Crippen molar-refractivity contribution in [3.8, 4) is 0 Å². The van der Waals surface area contributed by atoms with E-state index >= 15 is 0 Å². The first kappa shape index (κ1) is 11.5. The fraction of sp³-hybridized carbons (Fsp3) is 0.400. The molecule has 3 N–H and O–H groups in total. The molecule has 0 saturated heterocycles. The van der Waals surface area contributed by atoms with Gasteiger partial charge in [-0.3, -0.25) is 0 Å². The van der Waals surface area contributed by atoms with E-state index in [-0.39, 0.29) is 6.61 Å². The lowest BCUT2D eigenvalue weighted by molar-refractivity contribution is 0.304. The minimum Gasteiger partial charge on any atom is -0.395 e. The molecular formula is C10H15BrN2O. The van der Waals surface area contributed by atoms with Crippen LogP contribution in [0.15, 0.2) is 22.7 Å². The summed E-state index contributed by atoms with van der Waals surface area (Å²) in [4.78, 5) is 1.99. The molecule has 1 aromatic rings. The second-order valence-corrected chi connectivity index (χ2v) is 4.04. The van der Waals surface area contributed by atoms with Crippen LogP contribution < -0.4 is 10.6 Å². The van der Waals surface area contributed by atoms with Crippen LogP contribution in [0.25, 0.3) is 0 Å². The Labute approximate surface area is 92.7 Å². The van der Waals surface area contributed by atoms with Crippen molar-refractivity contribution in [2.24, 2.45) is 5.73 Å². The highest BCUT2D eigenvalue weighted by Gasteiger charge is 2.06. The van der Waals surface area contributed by atoms with Gasteiger partial charge in [0, 0.05) is 30.3 Å². The zero-order chi connectivity index (χ0) is 10.6. The average Bonchev–Trinajstić information content (AvgIpc) is 2.18. The molecule has 1 rings (SSSR count). The molecule has 0 fully saturated rings. The molecular weight excluding hydrogens is 244 g/mol. The molecule has 0 unspecified atom stereocenters. The predicted molar refractivity (Wildman–Crippen MR) is 62.4 cm³/mol. The minimum atomic E-state index is 0.146. The van der Waals surface area contributed by atoms with E-state index in [2.05, 4.69) is 15.9 Å². The number of rotatable bonds is 4. The third-order valence-electron chi connectivity index (χ3n) is 2.11. The third-order valence-corrected chi connectivity index (χ3v) is 2.61. The number of nitrogens with zero attached hydrogens (tertiary/aromatic N) is 1. The monoisotopic (exact) mass is 258 g/mol. The van der Waals surface area contributed by atoms with E-state index in [1.54, 1.807) is 0 Å². The number of aliphatic hydroxyl groups is 1. The van der Waals surface area contributed by atoms with Gasteiger partial charge in [0.2, 0.25) is 0 Å². The Morgan fingerprint density at radius 3 is 2.79 bits per heavy atom. The fourth-order valence-electron chi connectivity index (χ4n) is 1.34. The van der Waals surface area contributed by atoms with Crippen LogP contribution in [0.2, 0.25) is 0 Å². The summed E-state index contributed by atoms with van der Waals surface area (Å²) in [5.41, 5.74) is 7.78. The van der Waals surface area contributed by atoms with E-state index in [1.165, 1.54) is 0 Å². The van der Waals surface area contributed by atoms with E-state index in [1.807, 2.05) is 30.1 Å². The van der Waals surface area contributed by atoms with Crippen molar-refractivity contribution in [1.82, 2.24) is 0 Å². The van der Waals surface area contributed by atoms with E-state index in [4.69, 9.17) is 10.8 Å². The number of halogens is 1. The van der Waals surface area contributed by atoms with Crippen LogP contribution in [0, 0.1) is 0 Å². The van der Waals surface area contributed by atoms with Crippen LogP contribution in [-0.2, 0) is 6.54 Å². The molecule has 0 atom stereocenters. The van der Waals surface area contributed by atoms with Gasteiger partial charge in [0.15, 0.2) is 0 Å². The maximum absolute atomic E-state index is 8.85. The summed E-state index contributed by atoms with van der Waals surface area (Å²) >= 11 is 3.41. The molecule has 0 amide bonds. The molecule has 0 spiro atoms. The number of benzene rings is 1. The van der Waals surface area contributed by atoms with Gasteiger partial charge in [0.05, 0.1) is 6.61 Å². The van der Waals surface area contributed by atoms with E-state index < -0.39 is 0 Å². The zero-order valence-electron chi connectivity index (χ0n) is 8.20. The van der Waals surface area contributed by atoms with Gasteiger partial charge in [0.1, 0.15) is 0 Å². The van der Waals surface area contributed by atoms with E-state index in [9.17, 15) is 0 Å². The van der Waals surface area contributed by atoms with Gasteiger partial charge in [0.25, 0.3) is 0 Å². The molecule has 0 aliphatic rings. The molecule has 3 nitrogen and oxygen atoms in total. The van der Waals surface area contributed by atoms with Gasteiger partial charge in [-0.25, -0.2) is 0 Å². The molecule has 14 heavy (non-hydrogen) atoms. The van der Waals surface area contributed by atoms with Crippen molar-refractivity contribution in [1.29, 1.82) is 0 Å². The summed E-state index contributed by atoms with van der Waals surface area (Å²) in [5.74, 6) is 0. The van der Waals surface area contributed by atoms with E-state index in [0.29, 0.717) is 13.1 Å². The Kier molecular flexibility index (Phi) is 4.38. The highest BCUT2D eigenvalue weighted by molar-refractivity contribution is 9.10. The standard InChI is InChI=1S/C10H15BrN2O/c1-13(4-5-14)10-6-9(11)3-2-8(10)7-12/h2-3,6,14H,4-5,7,12H2,1H3. The molecule has 0 aliphatic carbocycles. The molecule has 4 heteroatoms. The number of hydrogen-bond acceptors (Lipinski definition) is 3. The van der Waals surface area contributed by atoms with Gasteiger partial charge < -0.3 is 15.7 Å². The van der Waals surface area contributed by atoms with Gasteiger partial charge in [-0.1, -0.05) is 22.0 Å². The summed E-state index contributed by atoms with van der Waals surface area (Å²) in [6.07, 6.45) is 0. The van der Waals surface area contributed by atoms with Crippen LogP contribution in [0.5, 0.6) is 0 Å². The van der Waals surface area contributed by atoms with Gasteiger partial charge in [-0.2, -0.15) is 0 Å². The highest BCUT2D eigenvalue weighted by atomic mass is 79.9. The predicted octanol–water partition coefficient (Wildman–Crippen LogP) is 1.34. The lowest BCUT2D eigenvalue weighted by atomic mass is 10.1. The van der Waals surface area contributed by atoms with Crippen molar-refractivity contribution in [3.05, 3.63) is 28.2 Å². The Balaban J connectivity index is 2.97. The molecule has 0 bridgehead atoms. The average molecular weight is 259 g/mol. The van der Waals surface area contributed by atoms with Crippen molar-refractivity contribution in [2.45, 2.75) is 6.54 Å². The number of aliphatic hydroxyl groups excluding tert-OH is 1. The molecule has 78 valence electrons. The maximum Gasteiger partial charge on any atom is 0.0606 e. The Morgan fingerprint density at radius 2 is 2.21 bits per heavy atom. The quantitative estimate of drug-likeness (QED) is 0.857. The molecule has 0 heterocycles. The van der Waals surface area contributed by atoms with Crippen LogP contribution in [0.4, 0.5) is 5.69 Å². The smallest absolute Gasteiger partial charge is 0.0606 e. The number of hydrogen-bond donors (Lipinski definition) is 2.